The fraction of sp³-hybridized carbons (Fsp3) is 0.600. The molecule has 0 aliphatic rings. The number of unbranched alkanes of at least 4 members (excludes halogenated alkanes) is 2. The highest BCUT2D eigenvalue weighted by molar-refractivity contribution is 5.95. The second kappa shape index (κ2) is 4.79. The number of carbonyl (C=O) groups excluding carboxylic acids is 1. The average Bonchev–Trinajstić information content (AvgIpc) is 2.45. The van der Waals surface area contributed by atoms with Crippen LogP contribution < -0.4 is 5.69 Å². The summed E-state index contributed by atoms with van der Waals surface area (Å²) >= 11 is 0. The van der Waals surface area contributed by atoms with Crippen molar-refractivity contribution in [2.45, 2.75) is 39.5 Å². The first kappa shape index (κ1) is 10.8. The van der Waals surface area contributed by atoms with Crippen molar-refractivity contribution in [3.63, 3.8) is 0 Å². The molecule has 0 aliphatic heterocycles. The molecule has 1 rings (SSSR count). The fourth-order valence-electron chi connectivity index (χ4n) is 1.41. The van der Waals surface area contributed by atoms with E-state index in [-0.39, 0.29) is 11.5 Å². The van der Waals surface area contributed by atoms with Crippen LogP contribution in [0.4, 0.5) is 0 Å². The summed E-state index contributed by atoms with van der Waals surface area (Å²) in [6.07, 6.45) is 3.56. The van der Waals surface area contributed by atoms with Crippen molar-refractivity contribution >= 4 is 5.78 Å². The first-order valence-corrected chi connectivity index (χ1v) is 4.97. The zero-order valence-electron chi connectivity index (χ0n) is 8.64. The third kappa shape index (κ3) is 2.58. The van der Waals surface area contributed by atoms with Gasteiger partial charge in [0.15, 0.2) is 5.78 Å². The molecule has 78 valence electrons. The summed E-state index contributed by atoms with van der Waals surface area (Å²) in [5.74, 6) is 0.0225. The molecule has 0 unspecified atom stereocenters. The summed E-state index contributed by atoms with van der Waals surface area (Å²) in [6, 6.07) is 0. The van der Waals surface area contributed by atoms with E-state index >= 15 is 0 Å². The molecule has 0 spiro atoms. The van der Waals surface area contributed by atoms with Crippen LogP contribution in [-0.4, -0.2) is 15.8 Å². The standard InChI is InChI=1S/C10H16N2O2/c1-3-4-5-6-8(13)9-7(2)11-10(14)12-9/h3-6H2,1-2H3,(H2,11,12,14). The lowest BCUT2D eigenvalue weighted by Gasteiger charge is -1.97. The zero-order valence-corrected chi connectivity index (χ0v) is 8.64. The number of carbonyl (C=O) groups is 1. The predicted octanol–water partition coefficient (Wildman–Crippen LogP) is 1.77. The van der Waals surface area contributed by atoms with Gasteiger partial charge in [0.2, 0.25) is 0 Å². The van der Waals surface area contributed by atoms with Gasteiger partial charge in [-0.05, 0) is 13.3 Å². The number of aryl methyl sites for hydroxylation is 1. The molecule has 0 aromatic carbocycles. The lowest BCUT2D eigenvalue weighted by atomic mass is 10.1. The van der Waals surface area contributed by atoms with Crippen molar-refractivity contribution in [3.8, 4) is 0 Å². The third-order valence-corrected chi connectivity index (χ3v) is 2.20. The quantitative estimate of drug-likeness (QED) is 0.556. The number of aromatic nitrogens is 2. The molecule has 2 N–H and O–H groups in total. The molecule has 0 saturated heterocycles. The summed E-state index contributed by atoms with van der Waals surface area (Å²) in [5, 5.41) is 0. The second-order valence-electron chi connectivity index (χ2n) is 3.46. The highest BCUT2D eigenvalue weighted by atomic mass is 16.1. The number of hydrogen-bond acceptors (Lipinski definition) is 2. The number of H-pyrrole nitrogens is 2. The van der Waals surface area contributed by atoms with E-state index in [9.17, 15) is 9.59 Å². The molecule has 1 aromatic rings. The number of rotatable bonds is 5. The minimum Gasteiger partial charge on any atom is -0.310 e. The van der Waals surface area contributed by atoms with E-state index < -0.39 is 0 Å². The molecular formula is C10H16N2O2. The van der Waals surface area contributed by atoms with E-state index in [1.165, 1.54) is 0 Å². The number of hydrogen-bond donors (Lipinski definition) is 2. The molecule has 0 bridgehead atoms. The zero-order chi connectivity index (χ0) is 10.6. The molecule has 0 saturated carbocycles. The Hall–Kier alpha value is -1.32. The van der Waals surface area contributed by atoms with Gasteiger partial charge in [0.05, 0.1) is 0 Å². The van der Waals surface area contributed by atoms with E-state index in [4.69, 9.17) is 0 Å². The molecule has 0 fully saturated rings. The molecule has 1 aromatic heterocycles. The van der Waals surface area contributed by atoms with Gasteiger partial charge >= 0.3 is 5.69 Å². The largest absolute Gasteiger partial charge is 0.323 e. The van der Waals surface area contributed by atoms with Gasteiger partial charge in [0.25, 0.3) is 0 Å². The highest BCUT2D eigenvalue weighted by Gasteiger charge is 2.11. The Morgan fingerprint density at radius 2 is 2.00 bits per heavy atom. The van der Waals surface area contributed by atoms with E-state index in [2.05, 4.69) is 16.9 Å². The van der Waals surface area contributed by atoms with E-state index in [0.717, 1.165) is 19.3 Å². The minimum atomic E-state index is -0.304. The minimum absolute atomic E-state index is 0.0225. The molecular weight excluding hydrogens is 180 g/mol. The van der Waals surface area contributed by atoms with Gasteiger partial charge in [-0.3, -0.25) is 4.79 Å². The Morgan fingerprint density at radius 1 is 1.29 bits per heavy atom. The lowest BCUT2D eigenvalue weighted by molar-refractivity contribution is 0.0974. The van der Waals surface area contributed by atoms with E-state index in [1.54, 1.807) is 6.92 Å². The summed E-state index contributed by atoms with van der Waals surface area (Å²) in [6.45, 7) is 3.82. The molecule has 4 heteroatoms. The van der Waals surface area contributed by atoms with Crippen molar-refractivity contribution in [2.75, 3.05) is 0 Å². The van der Waals surface area contributed by atoms with Crippen molar-refractivity contribution in [1.82, 2.24) is 9.97 Å². The first-order valence-electron chi connectivity index (χ1n) is 4.97. The number of imidazole rings is 1. The molecule has 0 atom stereocenters. The second-order valence-corrected chi connectivity index (χ2v) is 3.46. The van der Waals surface area contributed by atoms with Crippen molar-refractivity contribution < 1.29 is 4.79 Å². The molecule has 14 heavy (non-hydrogen) atoms. The van der Waals surface area contributed by atoms with Crippen molar-refractivity contribution in [1.29, 1.82) is 0 Å². The Kier molecular flexibility index (Phi) is 3.68. The van der Waals surface area contributed by atoms with E-state index in [0.29, 0.717) is 17.8 Å². The summed E-state index contributed by atoms with van der Waals surface area (Å²) in [5.41, 5.74) is 0.768. The Morgan fingerprint density at radius 3 is 2.50 bits per heavy atom. The number of ketones is 1. The van der Waals surface area contributed by atoms with Crippen molar-refractivity contribution in [3.05, 3.63) is 21.9 Å². The maximum absolute atomic E-state index is 11.6. The van der Waals surface area contributed by atoms with Crippen LogP contribution in [0.1, 0.15) is 48.8 Å². The maximum atomic E-state index is 11.6. The molecule has 0 aliphatic carbocycles. The maximum Gasteiger partial charge on any atom is 0.323 e. The van der Waals surface area contributed by atoms with Crippen LogP contribution in [0.15, 0.2) is 4.79 Å². The van der Waals surface area contributed by atoms with Gasteiger partial charge in [-0.25, -0.2) is 4.79 Å². The van der Waals surface area contributed by atoms with Gasteiger partial charge in [0.1, 0.15) is 5.69 Å². The first-order chi connectivity index (χ1) is 6.65. The van der Waals surface area contributed by atoms with Crippen LogP contribution in [0.3, 0.4) is 0 Å². The SMILES string of the molecule is CCCCCC(=O)c1[nH]c(=O)[nH]c1C. The average molecular weight is 196 g/mol. The van der Waals surface area contributed by atoms with Crippen LogP contribution in [0.25, 0.3) is 0 Å². The van der Waals surface area contributed by atoms with Gasteiger partial charge < -0.3 is 9.97 Å². The van der Waals surface area contributed by atoms with Crippen LogP contribution >= 0.6 is 0 Å². The Labute approximate surface area is 82.7 Å². The van der Waals surface area contributed by atoms with Crippen LogP contribution in [0.2, 0.25) is 0 Å². The lowest BCUT2D eigenvalue weighted by Crippen LogP contribution is -2.05. The normalized spacial score (nSPS) is 10.4. The van der Waals surface area contributed by atoms with Crippen molar-refractivity contribution in [2.24, 2.45) is 0 Å². The molecule has 4 nitrogen and oxygen atoms in total. The van der Waals surface area contributed by atoms with Gasteiger partial charge in [-0.15, -0.1) is 0 Å². The molecule has 0 radical (unpaired) electrons. The van der Waals surface area contributed by atoms with Gasteiger partial charge in [-0.2, -0.15) is 0 Å². The summed E-state index contributed by atoms with van der Waals surface area (Å²) in [7, 11) is 0. The predicted molar refractivity (Wildman–Crippen MR) is 54.6 cm³/mol. The van der Waals surface area contributed by atoms with Gasteiger partial charge in [-0.1, -0.05) is 19.8 Å². The number of aromatic amines is 2. The van der Waals surface area contributed by atoms with Crippen LogP contribution in [-0.2, 0) is 0 Å². The Balaban J connectivity index is 2.60. The third-order valence-electron chi connectivity index (χ3n) is 2.20. The summed E-state index contributed by atoms with van der Waals surface area (Å²) < 4.78 is 0. The highest BCUT2D eigenvalue weighted by Crippen LogP contribution is 2.07. The smallest absolute Gasteiger partial charge is 0.310 e. The van der Waals surface area contributed by atoms with Crippen LogP contribution in [0, 0.1) is 6.92 Å². The number of nitrogens with one attached hydrogen (secondary N) is 2. The summed E-state index contributed by atoms with van der Waals surface area (Å²) in [4.78, 5) is 27.5. The fourth-order valence-corrected chi connectivity index (χ4v) is 1.41. The number of Topliss-reactive ketones (excluding diaryl/α,β-unsaturated/α-hetero) is 1. The molecule has 1 heterocycles. The van der Waals surface area contributed by atoms with Crippen LogP contribution in [0.5, 0.6) is 0 Å². The topological polar surface area (TPSA) is 65.7 Å². The molecule has 0 amide bonds. The Bertz CT molecular complexity index is 362. The monoisotopic (exact) mass is 196 g/mol. The van der Waals surface area contributed by atoms with E-state index in [1.807, 2.05) is 0 Å². The van der Waals surface area contributed by atoms with Gasteiger partial charge in [0, 0.05) is 12.1 Å².